The lowest BCUT2D eigenvalue weighted by Crippen LogP contribution is -2.17. The minimum absolute atomic E-state index is 0.549. The number of anilines is 3. The Morgan fingerprint density at radius 2 is 0.731 bits per heavy atom. The fourth-order valence-corrected chi connectivity index (χ4v) is 9.86. The number of aryl methyl sites for hydroxylation is 4. The Balaban J connectivity index is 1.34. The van der Waals surface area contributed by atoms with Crippen LogP contribution >= 0.6 is 0 Å². The molecule has 12 rings (SSSR count). The molecule has 0 atom stereocenters. The molecule has 5 heterocycles. The summed E-state index contributed by atoms with van der Waals surface area (Å²) in [5, 5.41) is 2.15. The third kappa shape index (κ3) is 6.56. The van der Waals surface area contributed by atoms with E-state index < -0.39 is 0 Å². The molecule has 0 unspecified atom stereocenters. The van der Waals surface area contributed by atoms with Crippen LogP contribution < -0.4 is 4.90 Å². The van der Waals surface area contributed by atoms with Gasteiger partial charge in [0.2, 0.25) is 0 Å². The van der Waals surface area contributed by atoms with Gasteiger partial charge in [0.1, 0.15) is 0 Å². The van der Waals surface area contributed by atoms with Crippen LogP contribution in [-0.2, 0) is 0 Å². The monoisotopic (exact) mass is 864 g/mol. The van der Waals surface area contributed by atoms with E-state index in [-0.39, 0.29) is 0 Å². The second kappa shape index (κ2) is 16.0. The number of hydrogen-bond acceptors (Lipinski definition) is 6. The molecule has 0 aliphatic heterocycles. The van der Waals surface area contributed by atoms with Crippen LogP contribution in [0.4, 0.5) is 17.1 Å². The maximum atomic E-state index is 5.38. The van der Waals surface area contributed by atoms with Gasteiger partial charge in [0, 0.05) is 51.2 Å². The maximum absolute atomic E-state index is 5.38. The van der Waals surface area contributed by atoms with Crippen LogP contribution in [0.25, 0.3) is 89.4 Å². The number of aromatic nitrogens is 7. The predicted octanol–water partition coefficient (Wildman–Crippen LogP) is 14.6. The van der Waals surface area contributed by atoms with E-state index in [4.69, 9.17) is 24.9 Å². The molecular formula is C59H44N8. The van der Waals surface area contributed by atoms with Crippen LogP contribution in [-0.4, -0.2) is 34.1 Å². The van der Waals surface area contributed by atoms with Gasteiger partial charge in [0.05, 0.1) is 50.2 Å². The number of rotatable bonds is 8. The van der Waals surface area contributed by atoms with Crippen LogP contribution in [0.1, 0.15) is 22.3 Å². The first-order chi connectivity index (χ1) is 32.9. The second-order valence-electron chi connectivity index (χ2n) is 17.2. The SMILES string of the molecule is Cc1cccc2c3nccc(C)c3n(-c3cc(-c4nc(-c5ccccc5)nc(-c5ccccc5)n4)cc(-n4c5c(C)cccc5c5nccc(C)c54)c3N(c3ccccc3)c3ccccc3)c12. The number of hydrogen-bond donors (Lipinski definition) is 0. The van der Waals surface area contributed by atoms with Gasteiger partial charge >= 0.3 is 0 Å². The smallest absolute Gasteiger partial charge is 0.164 e. The highest BCUT2D eigenvalue weighted by molar-refractivity contribution is 6.12. The average molecular weight is 865 g/mol. The van der Waals surface area contributed by atoms with Crippen molar-refractivity contribution in [1.82, 2.24) is 34.1 Å². The lowest BCUT2D eigenvalue weighted by atomic mass is 10.0. The van der Waals surface area contributed by atoms with E-state index in [9.17, 15) is 0 Å². The van der Waals surface area contributed by atoms with Crippen LogP contribution in [0.2, 0.25) is 0 Å². The Hall–Kier alpha value is -8.75. The van der Waals surface area contributed by atoms with E-state index in [0.717, 1.165) is 111 Å². The highest BCUT2D eigenvalue weighted by Crippen LogP contribution is 2.49. The summed E-state index contributed by atoms with van der Waals surface area (Å²) in [6.07, 6.45) is 3.84. The van der Waals surface area contributed by atoms with Crippen molar-refractivity contribution in [3.05, 3.63) is 217 Å². The minimum atomic E-state index is 0.549. The molecule has 0 spiro atoms. The Morgan fingerprint density at radius 1 is 0.358 bits per heavy atom. The predicted molar refractivity (Wildman–Crippen MR) is 274 cm³/mol. The second-order valence-corrected chi connectivity index (χ2v) is 17.2. The van der Waals surface area contributed by atoms with Gasteiger partial charge in [-0.25, -0.2) is 15.0 Å². The number of fused-ring (bicyclic) bond motifs is 6. The molecule has 0 amide bonds. The Kier molecular flexibility index (Phi) is 9.53. The van der Waals surface area contributed by atoms with Crippen molar-refractivity contribution in [3.63, 3.8) is 0 Å². The van der Waals surface area contributed by atoms with Crippen LogP contribution in [0.3, 0.4) is 0 Å². The molecule has 0 saturated heterocycles. The molecule has 5 aromatic heterocycles. The summed E-state index contributed by atoms with van der Waals surface area (Å²) in [4.78, 5) is 28.5. The van der Waals surface area contributed by atoms with E-state index in [2.05, 4.69) is 187 Å². The summed E-state index contributed by atoms with van der Waals surface area (Å²) in [5.74, 6) is 1.73. The molecule has 8 heteroatoms. The van der Waals surface area contributed by atoms with Crippen LogP contribution in [0.15, 0.2) is 194 Å². The number of benzene rings is 7. The third-order valence-electron chi connectivity index (χ3n) is 12.9. The Labute approximate surface area is 388 Å². The van der Waals surface area contributed by atoms with Gasteiger partial charge in [0.15, 0.2) is 17.5 Å². The summed E-state index contributed by atoms with van der Waals surface area (Å²) in [5.41, 5.74) is 18.0. The van der Waals surface area contributed by atoms with Gasteiger partial charge in [0.25, 0.3) is 0 Å². The lowest BCUT2D eigenvalue weighted by Gasteiger charge is -2.32. The molecule has 0 N–H and O–H groups in total. The van der Waals surface area contributed by atoms with Crippen molar-refractivity contribution in [3.8, 4) is 45.5 Å². The maximum Gasteiger partial charge on any atom is 0.164 e. The fraction of sp³-hybridized carbons (Fsp3) is 0.0678. The zero-order valence-electron chi connectivity index (χ0n) is 37.6. The summed E-state index contributed by atoms with van der Waals surface area (Å²) >= 11 is 0. The standard InChI is InChI=1S/C59H44N8/c1-37-19-17-29-46-50-54(39(3)31-33-60-50)66(52(37)46)48-35-43(59-63-57(41-21-9-5-10-22-41)62-58(64-59)42-23-11-6-12-24-42)36-49(56(48)65(44-25-13-7-14-26-44)45-27-15-8-16-28-45)67-53-38(2)20-18-30-47(53)51-55(67)40(4)32-34-61-51/h5-36H,1-4H3. The van der Waals surface area contributed by atoms with Gasteiger partial charge < -0.3 is 14.0 Å². The van der Waals surface area contributed by atoms with Crippen LogP contribution in [0, 0.1) is 27.7 Å². The molecule has 7 aromatic carbocycles. The lowest BCUT2D eigenvalue weighted by molar-refractivity contribution is 1.06. The third-order valence-corrected chi connectivity index (χ3v) is 12.9. The van der Waals surface area contributed by atoms with Crippen molar-refractivity contribution in [2.45, 2.75) is 27.7 Å². The highest BCUT2D eigenvalue weighted by atomic mass is 15.2. The van der Waals surface area contributed by atoms with E-state index in [1.807, 2.05) is 48.8 Å². The number of nitrogens with zero attached hydrogens (tertiary/aromatic N) is 8. The fourth-order valence-electron chi connectivity index (χ4n) is 9.86. The summed E-state index contributed by atoms with van der Waals surface area (Å²) in [6, 6.07) is 63.5. The molecule has 8 nitrogen and oxygen atoms in total. The van der Waals surface area contributed by atoms with E-state index in [0.29, 0.717) is 17.5 Å². The summed E-state index contributed by atoms with van der Waals surface area (Å²) < 4.78 is 4.87. The molecule has 67 heavy (non-hydrogen) atoms. The molecule has 320 valence electrons. The molecule has 0 saturated carbocycles. The molecule has 0 bridgehead atoms. The first kappa shape index (κ1) is 39.8. The van der Waals surface area contributed by atoms with Gasteiger partial charge in [-0.15, -0.1) is 0 Å². The molecule has 0 aliphatic carbocycles. The number of pyridine rings is 2. The molecule has 12 aromatic rings. The van der Waals surface area contributed by atoms with Gasteiger partial charge in [-0.2, -0.15) is 0 Å². The first-order valence-corrected chi connectivity index (χ1v) is 22.6. The highest BCUT2D eigenvalue weighted by Gasteiger charge is 2.30. The molecular weight excluding hydrogens is 821 g/mol. The first-order valence-electron chi connectivity index (χ1n) is 22.6. The Morgan fingerprint density at radius 3 is 1.15 bits per heavy atom. The van der Waals surface area contributed by atoms with E-state index >= 15 is 0 Å². The van der Waals surface area contributed by atoms with E-state index in [1.165, 1.54) is 0 Å². The largest absolute Gasteiger partial charge is 0.307 e. The topological polar surface area (TPSA) is 77.5 Å². The van der Waals surface area contributed by atoms with Crippen molar-refractivity contribution in [2.75, 3.05) is 4.90 Å². The van der Waals surface area contributed by atoms with Crippen molar-refractivity contribution < 1.29 is 0 Å². The normalized spacial score (nSPS) is 11.6. The van der Waals surface area contributed by atoms with Gasteiger partial charge in [-0.05, 0) is 98.5 Å². The van der Waals surface area contributed by atoms with Crippen molar-refractivity contribution in [2.24, 2.45) is 0 Å². The van der Waals surface area contributed by atoms with Crippen LogP contribution in [0.5, 0.6) is 0 Å². The average Bonchev–Trinajstić information content (AvgIpc) is 3.91. The molecule has 0 fully saturated rings. The molecule has 0 radical (unpaired) electrons. The molecule has 0 aliphatic rings. The quantitative estimate of drug-likeness (QED) is 0.151. The van der Waals surface area contributed by atoms with Crippen molar-refractivity contribution in [1.29, 1.82) is 0 Å². The Bertz CT molecular complexity index is 3480. The number of para-hydroxylation sites is 4. The summed E-state index contributed by atoms with van der Waals surface area (Å²) in [7, 11) is 0. The van der Waals surface area contributed by atoms with Gasteiger partial charge in [-0.3, -0.25) is 9.97 Å². The zero-order valence-corrected chi connectivity index (χ0v) is 37.6. The minimum Gasteiger partial charge on any atom is -0.307 e. The summed E-state index contributed by atoms with van der Waals surface area (Å²) in [6.45, 7) is 8.75. The van der Waals surface area contributed by atoms with E-state index in [1.54, 1.807) is 0 Å². The zero-order chi connectivity index (χ0) is 45.2. The van der Waals surface area contributed by atoms with Gasteiger partial charge in [-0.1, -0.05) is 133 Å². The van der Waals surface area contributed by atoms with Crippen molar-refractivity contribution >= 4 is 60.9 Å².